The van der Waals surface area contributed by atoms with E-state index in [9.17, 15) is 17.7 Å². The third-order valence-corrected chi connectivity index (χ3v) is 4.46. The second-order valence-electron chi connectivity index (χ2n) is 4.57. The lowest BCUT2D eigenvalue weighted by atomic mass is 10.1. The van der Waals surface area contributed by atoms with E-state index in [-0.39, 0.29) is 5.75 Å². The van der Waals surface area contributed by atoms with Crippen LogP contribution in [0.5, 0.6) is 0 Å². The number of halogens is 4. The molecule has 0 saturated carbocycles. The van der Waals surface area contributed by atoms with Gasteiger partial charge in [0.2, 0.25) is 0 Å². The Morgan fingerprint density at radius 2 is 1.59 bits per heavy atom. The lowest BCUT2D eigenvalue weighted by Crippen LogP contribution is -2.05. The smallest absolute Gasteiger partial charge is 0.416 e. The van der Waals surface area contributed by atoms with Crippen molar-refractivity contribution in [3.8, 4) is 0 Å². The van der Waals surface area contributed by atoms with E-state index >= 15 is 0 Å². The van der Waals surface area contributed by atoms with Gasteiger partial charge in [-0.1, -0.05) is 40.2 Å². The van der Waals surface area contributed by atoms with Crippen molar-refractivity contribution in [3.05, 3.63) is 75.1 Å². The van der Waals surface area contributed by atoms with Gasteiger partial charge in [0.25, 0.3) is 0 Å². The molecule has 0 fully saturated rings. The lowest BCUT2D eigenvalue weighted by Gasteiger charge is -2.09. The normalized spacial score (nSPS) is 13.5. The molecule has 2 aromatic rings. The van der Waals surface area contributed by atoms with Crippen molar-refractivity contribution >= 4 is 33.2 Å². The monoisotopic (exact) mass is 388 g/mol. The molecule has 2 aromatic carbocycles. The van der Waals surface area contributed by atoms with Gasteiger partial charge in [0.05, 0.1) is 5.56 Å². The molecule has 22 heavy (non-hydrogen) atoms. The van der Waals surface area contributed by atoms with Crippen LogP contribution in [-0.4, -0.2) is 4.55 Å². The van der Waals surface area contributed by atoms with Crippen LogP contribution in [0.3, 0.4) is 0 Å². The highest BCUT2D eigenvalue weighted by Gasteiger charge is 2.30. The molecule has 0 aliphatic carbocycles. The molecule has 116 valence electrons. The number of hydrogen-bond acceptors (Lipinski definition) is 1. The summed E-state index contributed by atoms with van der Waals surface area (Å²) < 4.78 is 50.2. The van der Waals surface area contributed by atoms with Crippen LogP contribution in [0.4, 0.5) is 13.2 Å². The largest absolute Gasteiger partial charge is 0.612 e. The van der Waals surface area contributed by atoms with E-state index < -0.39 is 22.9 Å². The van der Waals surface area contributed by atoms with Crippen LogP contribution in [0.15, 0.2) is 58.4 Å². The molecule has 1 atom stereocenters. The first-order valence-electron chi connectivity index (χ1n) is 6.32. The van der Waals surface area contributed by atoms with Crippen LogP contribution in [0, 0.1) is 0 Å². The van der Waals surface area contributed by atoms with Crippen molar-refractivity contribution in [2.24, 2.45) is 0 Å². The van der Waals surface area contributed by atoms with Crippen molar-refractivity contribution in [3.63, 3.8) is 0 Å². The molecule has 0 spiro atoms. The first-order chi connectivity index (χ1) is 10.3. The minimum Gasteiger partial charge on any atom is -0.612 e. The van der Waals surface area contributed by atoms with Gasteiger partial charge in [0.1, 0.15) is 11.2 Å². The van der Waals surface area contributed by atoms with E-state index in [0.29, 0.717) is 5.56 Å². The third kappa shape index (κ3) is 5.19. The zero-order valence-corrected chi connectivity index (χ0v) is 13.7. The van der Waals surface area contributed by atoms with Gasteiger partial charge in [0, 0.05) is 10.0 Å². The summed E-state index contributed by atoms with van der Waals surface area (Å²) in [5, 5.41) is 1.54. The molecule has 1 unspecified atom stereocenters. The Hall–Kier alpha value is -1.24. The molecule has 0 heterocycles. The van der Waals surface area contributed by atoms with E-state index in [2.05, 4.69) is 15.9 Å². The number of hydrogen-bond donors (Lipinski definition) is 0. The second kappa shape index (κ2) is 7.35. The zero-order chi connectivity index (χ0) is 16.2. The predicted octanol–water partition coefficient (Wildman–Crippen LogP) is 5.39. The summed E-state index contributed by atoms with van der Waals surface area (Å²) in [6, 6.07) is 12.2. The molecule has 2 rings (SSSR count). The molecule has 0 amide bonds. The minimum atomic E-state index is -4.35. The molecular formula is C16H12BrF3OS. The fourth-order valence-corrected chi connectivity index (χ4v) is 2.92. The van der Waals surface area contributed by atoms with Gasteiger partial charge in [-0.3, -0.25) is 0 Å². The van der Waals surface area contributed by atoms with Crippen LogP contribution in [0.1, 0.15) is 16.7 Å². The van der Waals surface area contributed by atoms with Crippen LogP contribution in [-0.2, 0) is 23.1 Å². The van der Waals surface area contributed by atoms with Crippen molar-refractivity contribution in [2.75, 3.05) is 0 Å². The standard InChI is InChI=1S/C16H12BrF3OS/c17-15-7-3-12(4-8-15)9-10-22(21)11-13-1-5-14(6-2-13)16(18,19)20/h1-10H,11H2. The second-order valence-corrected chi connectivity index (χ2v) is 6.81. The Balaban J connectivity index is 1.97. The van der Waals surface area contributed by atoms with Gasteiger partial charge in [-0.15, -0.1) is 0 Å². The molecule has 0 aliphatic rings. The van der Waals surface area contributed by atoms with E-state index in [1.165, 1.54) is 12.1 Å². The fraction of sp³-hybridized carbons (Fsp3) is 0.125. The highest BCUT2D eigenvalue weighted by molar-refractivity contribution is 9.10. The van der Waals surface area contributed by atoms with Gasteiger partial charge in [-0.25, -0.2) is 0 Å². The summed E-state index contributed by atoms with van der Waals surface area (Å²) in [7, 11) is 0. The van der Waals surface area contributed by atoms with Crippen molar-refractivity contribution in [2.45, 2.75) is 11.9 Å². The first-order valence-corrected chi connectivity index (χ1v) is 8.49. The summed E-state index contributed by atoms with van der Waals surface area (Å²) in [5.74, 6) is 0.186. The number of benzene rings is 2. The average Bonchev–Trinajstić information content (AvgIpc) is 2.46. The van der Waals surface area contributed by atoms with Crippen molar-refractivity contribution in [1.82, 2.24) is 0 Å². The zero-order valence-electron chi connectivity index (χ0n) is 11.3. The van der Waals surface area contributed by atoms with Gasteiger partial charge in [-0.05, 0) is 47.1 Å². The molecule has 0 bridgehead atoms. The van der Waals surface area contributed by atoms with Gasteiger partial charge in [-0.2, -0.15) is 13.2 Å². The Bertz CT molecular complexity index is 636. The maximum Gasteiger partial charge on any atom is 0.416 e. The maximum absolute atomic E-state index is 12.4. The maximum atomic E-state index is 12.4. The van der Waals surface area contributed by atoms with E-state index in [4.69, 9.17) is 0 Å². The van der Waals surface area contributed by atoms with Gasteiger partial charge < -0.3 is 4.55 Å². The van der Waals surface area contributed by atoms with E-state index in [1.807, 2.05) is 24.3 Å². The summed E-state index contributed by atoms with van der Waals surface area (Å²) in [6.45, 7) is 0. The van der Waals surface area contributed by atoms with Gasteiger partial charge >= 0.3 is 6.18 Å². The van der Waals surface area contributed by atoms with E-state index in [1.54, 1.807) is 11.5 Å². The third-order valence-electron chi connectivity index (χ3n) is 2.87. The SMILES string of the molecule is [O-][S+](C=Cc1ccc(Br)cc1)Cc1ccc(C(F)(F)F)cc1. The van der Waals surface area contributed by atoms with Gasteiger partial charge in [0.15, 0.2) is 0 Å². The highest BCUT2D eigenvalue weighted by Crippen LogP contribution is 2.29. The number of rotatable bonds is 4. The summed E-state index contributed by atoms with van der Waals surface area (Å²) in [5.41, 5.74) is 0.809. The molecule has 0 radical (unpaired) electrons. The van der Waals surface area contributed by atoms with Crippen LogP contribution >= 0.6 is 15.9 Å². The van der Waals surface area contributed by atoms with E-state index in [0.717, 1.165) is 22.2 Å². The molecule has 6 heteroatoms. The average molecular weight is 389 g/mol. The van der Waals surface area contributed by atoms with Crippen molar-refractivity contribution < 1.29 is 17.7 Å². The molecule has 0 saturated heterocycles. The Morgan fingerprint density at radius 1 is 1.00 bits per heavy atom. The summed E-state index contributed by atoms with van der Waals surface area (Å²) in [4.78, 5) is 0. The Labute approximate surface area is 138 Å². The van der Waals surface area contributed by atoms with Crippen LogP contribution in [0.2, 0.25) is 0 Å². The summed E-state index contributed by atoms with van der Waals surface area (Å²) >= 11 is 2.05. The van der Waals surface area contributed by atoms with Crippen LogP contribution in [0.25, 0.3) is 6.08 Å². The predicted molar refractivity (Wildman–Crippen MR) is 86.5 cm³/mol. The summed E-state index contributed by atoms with van der Waals surface area (Å²) in [6.07, 6.45) is -2.62. The number of alkyl halides is 3. The Morgan fingerprint density at radius 3 is 2.14 bits per heavy atom. The molecular weight excluding hydrogens is 377 g/mol. The fourth-order valence-electron chi connectivity index (χ4n) is 1.73. The molecule has 1 nitrogen and oxygen atoms in total. The van der Waals surface area contributed by atoms with Crippen molar-refractivity contribution in [1.29, 1.82) is 0 Å². The molecule has 0 aliphatic heterocycles. The molecule has 0 N–H and O–H groups in total. The first kappa shape index (κ1) is 17.1. The topological polar surface area (TPSA) is 23.1 Å². The Kier molecular flexibility index (Phi) is 5.72. The van der Waals surface area contributed by atoms with Crippen LogP contribution < -0.4 is 0 Å². The highest BCUT2D eigenvalue weighted by atomic mass is 79.9. The lowest BCUT2D eigenvalue weighted by molar-refractivity contribution is -0.137. The molecule has 0 aromatic heterocycles. The minimum absolute atomic E-state index is 0.186. The quantitative estimate of drug-likeness (QED) is 0.644.